The van der Waals surface area contributed by atoms with E-state index in [2.05, 4.69) is 15.6 Å². The van der Waals surface area contributed by atoms with Crippen molar-refractivity contribution in [2.75, 3.05) is 33.8 Å². The molecule has 29 heavy (non-hydrogen) atoms. The molecule has 2 fully saturated rings. The molecule has 10 heteroatoms. The molecule has 0 radical (unpaired) electrons. The molecule has 1 unspecified atom stereocenters. The maximum Gasteiger partial charge on any atom is 0.416 e. The molecule has 1 amide bonds. The first-order chi connectivity index (χ1) is 13.3. The van der Waals surface area contributed by atoms with Crippen LogP contribution < -0.4 is 15.4 Å². The zero-order valence-corrected chi connectivity index (χ0v) is 18.8. The maximum absolute atomic E-state index is 13.4. The van der Waals surface area contributed by atoms with E-state index in [4.69, 9.17) is 4.74 Å². The van der Waals surface area contributed by atoms with Gasteiger partial charge in [-0.25, -0.2) is 0 Å². The Labute approximate surface area is 185 Å². The monoisotopic (exact) mass is 526 g/mol. The smallest absolute Gasteiger partial charge is 0.416 e. The summed E-state index contributed by atoms with van der Waals surface area (Å²) in [5.41, 5.74) is -0.723. The number of amides is 1. The van der Waals surface area contributed by atoms with Gasteiger partial charge < -0.3 is 20.3 Å². The minimum atomic E-state index is -4.47. The summed E-state index contributed by atoms with van der Waals surface area (Å²) in [5, 5.41) is 5.94. The molecule has 2 heterocycles. The van der Waals surface area contributed by atoms with E-state index in [9.17, 15) is 18.0 Å². The molecular formula is C19H26F3IN4O2. The number of likely N-dealkylation sites (tertiary alicyclic amines) is 1. The molecular weight excluding hydrogens is 500 g/mol. The van der Waals surface area contributed by atoms with Crippen LogP contribution in [0.2, 0.25) is 0 Å². The number of ether oxygens (including phenoxy) is 1. The number of methoxy groups -OCH3 is 1. The van der Waals surface area contributed by atoms with E-state index >= 15 is 0 Å². The lowest BCUT2D eigenvalue weighted by atomic mass is 9.79. The second-order valence-corrected chi connectivity index (χ2v) is 7.40. The van der Waals surface area contributed by atoms with E-state index in [0.29, 0.717) is 25.5 Å². The Morgan fingerprint density at radius 2 is 2.17 bits per heavy atom. The van der Waals surface area contributed by atoms with Crippen LogP contribution in [0.25, 0.3) is 0 Å². The molecule has 0 bridgehead atoms. The predicted molar refractivity (Wildman–Crippen MR) is 114 cm³/mol. The molecule has 0 aliphatic carbocycles. The number of carbonyl (C=O) groups is 1. The molecule has 2 N–H and O–H groups in total. The van der Waals surface area contributed by atoms with Crippen molar-refractivity contribution < 1.29 is 22.7 Å². The van der Waals surface area contributed by atoms with Crippen molar-refractivity contribution in [1.29, 1.82) is 0 Å². The van der Waals surface area contributed by atoms with E-state index in [0.717, 1.165) is 25.5 Å². The summed E-state index contributed by atoms with van der Waals surface area (Å²) < 4.78 is 45.1. The van der Waals surface area contributed by atoms with E-state index in [-0.39, 0.29) is 53.2 Å². The Bertz CT molecular complexity index is 772. The molecule has 0 aromatic heterocycles. The van der Waals surface area contributed by atoms with Gasteiger partial charge in [0.15, 0.2) is 5.96 Å². The van der Waals surface area contributed by atoms with Crippen LogP contribution in [0.1, 0.15) is 30.4 Å². The van der Waals surface area contributed by atoms with Crippen molar-refractivity contribution >= 4 is 35.8 Å². The van der Waals surface area contributed by atoms with Gasteiger partial charge in [0, 0.05) is 45.1 Å². The Balaban J connectivity index is 0.00000300. The fourth-order valence-corrected chi connectivity index (χ4v) is 4.04. The van der Waals surface area contributed by atoms with Crippen LogP contribution >= 0.6 is 24.0 Å². The van der Waals surface area contributed by atoms with Crippen LogP contribution in [-0.4, -0.2) is 50.6 Å². The normalized spacial score (nSPS) is 22.3. The number of rotatable bonds is 3. The van der Waals surface area contributed by atoms with Crippen molar-refractivity contribution in [3.63, 3.8) is 0 Å². The third kappa shape index (κ3) is 5.46. The van der Waals surface area contributed by atoms with E-state index in [1.807, 2.05) is 4.90 Å². The van der Waals surface area contributed by atoms with Crippen LogP contribution in [0, 0.1) is 5.41 Å². The summed E-state index contributed by atoms with van der Waals surface area (Å²) in [6.07, 6.45) is -2.13. The number of guanidine groups is 1. The molecule has 2 aliphatic heterocycles. The average Bonchev–Trinajstić information content (AvgIpc) is 3.01. The van der Waals surface area contributed by atoms with Crippen LogP contribution in [0.5, 0.6) is 5.75 Å². The van der Waals surface area contributed by atoms with Crippen molar-refractivity contribution in [1.82, 2.24) is 15.5 Å². The van der Waals surface area contributed by atoms with Crippen molar-refractivity contribution in [2.45, 2.75) is 32.0 Å². The lowest BCUT2D eigenvalue weighted by Crippen LogP contribution is -2.51. The summed E-state index contributed by atoms with van der Waals surface area (Å²) in [7, 11) is 2.95. The minimum Gasteiger partial charge on any atom is -0.497 e. The van der Waals surface area contributed by atoms with Gasteiger partial charge in [-0.15, -0.1) is 24.0 Å². The number of benzene rings is 1. The van der Waals surface area contributed by atoms with Crippen molar-refractivity contribution in [2.24, 2.45) is 10.4 Å². The molecule has 3 rings (SSSR count). The highest BCUT2D eigenvalue weighted by Gasteiger charge is 2.42. The summed E-state index contributed by atoms with van der Waals surface area (Å²) in [4.78, 5) is 17.9. The lowest BCUT2D eigenvalue weighted by molar-refractivity contribution is -0.138. The molecule has 1 atom stereocenters. The number of alkyl halides is 3. The van der Waals surface area contributed by atoms with Crippen molar-refractivity contribution in [3.8, 4) is 5.75 Å². The quantitative estimate of drug-likeness (QED) is 0.361. The molecule has 1 spiro atoms. The van der Waals surface area contributed by atoms with Gasteiger partial charge in [-0.05, 0) is 30.5 Å². The zero-order valence-electron chi connectivity index (χ0n) is 16.4. The molecule has 6 nitrogen and oxygen atoms in total. The van der Waals surface area contributed by atoms with Gasteiger partial charge in [0.25, 0.3) is 0 Å². The van der Waals surface area contributed by atoms with Gasteiger partial charge in [0.2, 0.25) is 5.91 Å². The minimum absolute atomic E-state index is 0. The van der Waals surface area contributed by atoms with Gasteiger partial charge in [0.1, 0.15) is 5.75 Å². The molecule has 0 saturated carbocycles. The third-order valence-corrected chi connectivity index (χ3v) is 5.43. The van der Waals surface area contributed by atoms with Crippen LogP contribution in [-0.2, 0) is 17.5 Å². The SMILES string of the molecule is CN=C(NCc1ccc(OC)cc1C(F)(F)F)N1CCCC2(CNC(=O)C2)C1.I. The van der Waals surface area contributed by atoms with E-state index in [1.54, 1.807) is 7.05 Å². The number of nitrogens with zero attached hydrogens (tertiary/aromatic N) is 2. The Morgan fingerprint density at radius 1 is 1.41 bits per heavy atom. The second kappa shape index (κ2) is 9.40. The van der Waals surface area contributed by atoms with Gasteiger partial charge in [-0.2, -0.15) is 13.2 Å². The summed E-state index contributed by atoms with van der Waals surface area (Å²) >= 11 is 0. The number of aliphatic imine (C=N–C) groups is 1. The Kier molecular flexibility index (Phi) is 7.63. The number of nitrogens with one attached hydrogen (secondary N) is 2. The van der Waals surface area contributed by atoms with Gasteiger partial charge in [0.05, 0.1) is 12.7 Å². The highest BCUT2D eigenvalue weighted by Crippen LogP contribution is 2.36. The molecule has 1 aromatic carbocycles. The highest BCUT2D eigenvalue weighted by atomic mass is 127. The van der Waals surface area contributed by atoms with E-state index in [1.165, 1.54) is 19.2 Å². The zero-order chi connectivity index (χ0) is 20.4. The maximum atomic E-state index is 13.4. The first kappa shape index (κ1) is 23.6. The molecule has 2 aliphatic rings. The predicted octanol–water partition coefficient (Wildman–Crippen LogP) is 3.01. The van der Waals surface area contributed by atoms with Gasteiger partial charge >= 0.3 is 6.18 Å². The number of hydrogen-bond donors (Lipinski definition) is 2. The number of halogens is 4. The second-order valence-electron chi connectivity index (χ2n) is 7.40. The first-order valence-corrected chi connectivity index (χ1v) is 9.23. The standard InChI is InChI=1S/C19H25F3N4O2.HI/c1-23-17(26-7-3-6-18(12-26)9-16(27)25-11-18)24-10-13-4-5-14(28-2)8-15(13)19(20,21)22;/h4-5,8H,3,6-7,9-12H2,1-2H3,(H,23,24)(H,25,27);1H. The molecule has 1 aromatic rings. The van der Waals surface area contributed by atoms with E-state index < -0.39 is 11.7 Å². The van der Waals surface area contributed by atoms with Crippen LogP contribution in [0.15, 0.2) is 23.2 Å². The molecule has 162 valence electrons. The Hall–Kier alpha value is -1.72. The van der Waals surface area contributed by atoms with Gasteiger partial charge in [-0.1, -0.05) is 6.07 Å². The fourth-order valence-electron chi connectivity index (χ4n) is 4.04. The number of piperidine rings is 1. The first-order valence-electron chi connectivity index (χ1n) is 9.23. The average molecular weight is 526 g/mol. The van der Waals surface area contributed by atoms with Crippen LogP contribution in [0.3, 0.4) is 0 Å². The number of carbonyl (C=O) groups excluding carboxylic acids is 1. The highest BCUT2D eigenvalue weighted by molar-refractivity contribution is 14.0. The third-order valence-electron chi connectivity index (χ3n) is 5.43. The number of hydrogen-bond acceptors (Lipinski definition) is 3. The summed E-state index contributed by atoms with van der Waals surface area (Å²) in [6.45, 7) is 2.03. The topological polar surface area (TPSA) is 66.0 Å². The lowest BCUT2D eigenvalue weighted by Gasteiger charge is -2.40. The summed E-state index contributed by atoms with van der Waals surface area (Å²) in [6, 6.07) is 3.94. The van der Waals surface area contributed by atoms with Gasteiger partial charge in [-0.3, -0.25) is 9.79 Å². The molecule has 2 saturated heterocycles. The van der Waals surface area contributed by atoms with Crippen LogP contribution in [0.4, 0.5) is 13.2 Å². The summed E-state index contributed by atoms with van der Waals surface area (Å²) in [5.74, 6) is 0.761. The fraction of sp³-hybridized carbons (Fsp3) is 0.579. The largest absolute Gasteiger partial charge is 0.497 e. The van der Waals surface area contributed by atoms with Crippen molar-refractivity contribution in [3.05, 3.63) is 29.3 Å². The Morgan fingerprint density at radius 3 is 2.76 bits per heavy atom.